The van der Waals surface area contributed by atoms with Gasteiger partial charge in [-0.15, -0.1) is 0 Å². The van der Waals surface area contributed by atoms with Crippen LogP contribution in [0.15, 0.2) is 24.5 Å². The lowest BCUT2D eigenvalue weighted by molar-refractivity contribution is -0.133. The summed E-state index contributed by atoms with van der Waals surface area (Å²) in [6.45, 7) is 3.95. The molecular weight excluding hydrogens is 294 g/mol. The van der Waals surface area contributed by atoms with Crippen molar-refractivity contribution in [3.8, 4) is 0 Å². The molecule has 2 aliphatic rings. The van der Waals surface area contributed by atoms with E-state index in [1.807, 2.05) is 24.5 Å². The summed E-state index contributed by atoms with van der Waals surface area (Å²) < 4.78 is 11.0. The summed E-state index contributed by atoms with van der Waals surface area (Å²) in [5, 5.41) is 2.88. The van der Waals surface area contributed by atoms with E-state index in [-0.39, 0.29) is 18.1 Å². The first kappa shape index (κ1) is 16.4. The summed E-state index contributed by atoms with van der Waals surface area (Å²) >= 11 is 0. The highest BCUT2D eigenvalue weighted by Crippen LogP contribution is 2.33. The molecule has 0 aromatic carbocycles. The second-order valence-corrected chi connectivity index (χ2v) is 6.32. The van der Waals surface area contributed by atoms with Gasteiger partial charge in [0, 0.05) is 39.1 Å². The minimum Gasteiger partial charge on any atom is -0.383 e. The van der Waals surface area contributed by atoms with Crippen LogP contribution in [-0.4, -0.2) is 61.3 Å². The van der Waals surface area contributed by atoms with Crippen molar-refractivity contribution in [2.45, 2.75) is 31.6 Å². The van der Waals surface area contributed by atoms with Crippen molar-refractivity contribution < 1.29 is 14.3 Å². The number of pyridine rings is 1. The van der Waals surface area contributed by atoms with Crippen LogP contribution in [0.5, 0.6) is 0 Å². The quantitative estimate of drug-likeness (QED) is 0.787. The molecule has 1 amide bonds. The number of rotatable bonds is 6. The fraction of sp³-hybridized carbons (Fsp3) is 0.647. The van der Waals surface area contributed by atoms with Gasteiger partial charge in [-0.25, -0.2) is 0 Å². The number of nitrogens with zero attached hydrogens (tertiary/aromatic N) is 2. The van der Waals surface area contributed by atoms with Crippen LogP contribution in [0.25, 0.3) is 0 Å². The highest BCUT2D eigenvalue weighted by molar-refractivity contribution is 5.81. The van der Waals surface area contributed by atoms with Crippen LogP contribution in [0.2, 0.25) is 0 Å². The Morgan fingerprint density at radius 2 is 2.30 bits per heavy atom. The summed E-state index contributed by atoms with van der Waals surface area (Å²) in [5.41, 5.74) is 1.27. The average Bonchev–Trinajstić information content (AvgIpc) is 2.99. The molecule has 0 radical (unpaired) electrons. The number of ether oxygens (including phenoxy) is 2. The number of methoxy groups -OCH3 is 1. The lowest BCUT2D eigenvalue weighted by Crippen LogP contribution is -2.42. The molecule has 0 unspecified atom stereocenters. The Hall–Kier alpha value is -1.50. The van der Waals surface area contributed by atoms with Gasteiger partial charge in [-0.3, -0.25) is 14.7 Å². The minimum atomic E-state index is -0.303. The standard InChI is InChI=1S/C17H25N3O3/c1-22-9-7-19-17(21)15-10-14-4-8-20(12-16(14)23-15)11-13-2-5-18-6-3-13/h2-3,5-6,14-16H,4,7-12H2,1H3,(H,19,21)/t14-,15-,16-/m0/s1. The predicted molar refractivity (Wildman–Crippen MR) is 85.8 cm³/mol. The molecule has 3 rings (SSSR count). The SMILES string of the molecule is COCCNC(=O)[C@@H]1C[C@@H]2CCN(Cc3ccncc3)C[C@@H]2O1. The third kappa shape index (κ3) is 4.28. The van der Waals surface area contributed by atoms with Crippen LogP contribution in [0.3, 0.4) is 0 Å². The van der Waals surface area contributed by atoms with E-state index >= 15 is 0 Å². The van der Waals surface area contributed by atoms with Gasteiger partial charge in [-0.05, 0) is 43.0 Å². The van der Waals surface area contributed by atoms with Crippen molar-refractivity contribution >= 4 is 5.91 Å². The molecule has 3 heterocycles. The molecule has 23 heavy (non-hydrogen) atoms. The zero-order valence-electron chi connectivity index (χ0n) is 13.6. The molecule has 6 heteroatoms. The van der Waals surface area contributed by atoms with Crippen LogP contribution in [-0.2, 0) is 20.8 Å². The van der Waals surface area contributed by atoms with Crippen molar-refractivity contribution in [3.05, 3.63) is 30.1 Å². The van der Waals surface area contributed by atoms with E-state index in [2.05, 4.69) is 15.2 Å². The van der Waals surface area contributed by atoms with Gasteiger partial charge in [-0.2, -0.15) is 0 Å². The Balaban J connectivity index is 1.48. The van der Waals surface area contributed by atoms with Crippen molar-refractivity contribution in [2.24, 2.45) is 5.92 Å². The number of aromatic nitrogens is 1. The second-order valence-electron chi connectivity index (χ2n) is 6.32. The first-order chi connectivity index (χ1) is 11.3. The largest absolute Gasteiger partial charge is 0.383 e. The maximum absolute atomic E-state index is 12.1. The summed E-state index contributed by atoms with van der Waals surface area (Å²) in [5.74, 6) is 0.499. The molecule has 1 aromatic rings. The normalized spacial score (nSPS) is 27.6. The molecule has 0 spiro atoms. The smallest absolute Gasteiger partial charge is 0.249 e. The molecule has 2 aliphatic heterocycles. The number of amides is 1. The Bertz CT molecular complexity index is 511. The Morgan fingerprint density at radius 3 is 3.09 bits per heavy atom. The molecule has 2 saturated heterocycles. The number of hydrogen-bond acceptors (Lipinski definition) is 5. The number of fused-ring (bicyclic) bond motifs is 1. The van der Waals surface area contributed by atoms with Crippen molar-refractivity contribution in [3.63, 3.8) is 0 Å². The van der Waals surface area contributed by atoms with Gasteiger partial charge in [0.25, 0.3) is 0 Å². The molecule has 0 aliphatic carbocycles. The van der Waals surface area contributed by atoms with Gasteiger partial charge in [0.15, 0.2) is 0 Å². The summed E-state index contributed by atoms with van der Waals surface area (Å²) in [6.07, 6.45) is 5.46. The number of carbonyl (C=O) groups excluding carboxylic acids is 1. The van der Waals surface area contributed by atoms with Gasteiger partial charge in [0.2, 0.25) is 5.91 Å². The van der Waals surface area contributed by atoms with Crippen LogP contribution >= 0.6 is 0 Å². The maximum Gasteiger partial charge on any atom is 0.249 e. The zero-order chi connectivity index (χ0) is 16.1. The van der Waals surface area contributed by atoms with Crippen molar-refractivity contribution in [1.29, 1.82) is 0 Å². The van der Waals surface area contributed by atoms with E-state index in [9.17, 15) is 4.79 Å². The Labute approximate surface area is 137 Å². The topological polar surface area (TPSA) is 63.7 Å². The Morgan fingerprint density at radius 1 is 1.48 bits per heavy atom. The van der Waals surface area contributed by atoms with E-state index in [1.165, 1.54) is 5.56 Å². The molecule has 126 valence electrons. The Kier molecular flexibility index (Phi) is 5.59. The molecular formula is C17H25N3O3. The summed E-state index contributed by atoms with van der Waals surface area (Å²) in [7, 11) is 1.63. The monoisotopic (exact) mass is 319 g/mol. The van der Waals surface area contributed by atoms with Crippen molar-refractivity contribution in [1.82, 2.24) is 15.2 Å². The van der Waals surface area contributed by atoms with Crippen LogP contribution in [0, 0.1) is 5.92 Å². The zero-order valence-corrected chi connectivity index (χ0v) is 13.6. The molecule has 2 fully saturated rings. The lowest BCUT2D eigenvalue weighted by Gasteiger charge is -2.34. The first-order valence-corrected chi connectivity index (χ1v) is 8.29. The van der Waals surface area contributed by atoms with E-state index < -0.39 is 0 Å². The van der Waals surface area contributed by atoms with E-state index in [1.54, 1.807) is 7.11 Å². The van der Waals surface area contributed by atoms with Crippen LogP contribution < -0.4 is 5.32 Å². The lowest BCUT2D eigenvalue weighted by atomic mass is 9.91. The molecule has 0 bridgehead atoms. The maximum atomic E-state index is 12.1. The molecule has 6 nitrogen and oxygen atoms in total. The van der Waals surface area contributed by atoms with E-state index in [0.29, 0.717) is 19.1 Å². The van der Waals surface area contributed by atoms with Gasteiger partial charge >= 0.3 is 0 Å². The molecule has 1 N–H and O–H groups in total. The van der Waals surface area contributed by atoms with Crippen LogP contribution in [0.4, 0.5) is 0 Å². The van der Waals surface area contributed by atoms with Gasteiger partial charge in [-0.1, -0.05) is 0 Å². The summed E-state index contributed by atoms with van der Waals surface area (Å²) in [4.78, 5) is 18.6. The number of carbonyl (C=O) groups is 1. The molecule has 1 aromatic heterocycles. The number of piperidine rings is 1. The third-order valence-electron chi connectivity index (χ3n) is 4.69. The second kappa shape index (κ2) is 7.86. The number of likely N-dealkylation sites (tertiary alicyclic amines) is 1. The molecule has 0 saturated carbocycles. The van der Waals surface area contributed by atoms with E-state index in [0.717, 1.165) is 32.5 Å². The number of nitrogens with one attached hydrogen (secondary N) is 1. The minimum absolute atomic E-state index is 0.00265. The van der Waals surface area contributed by atoms with E-state index in [4.69, 9.17) is 9.47 Å². The fourth-order valence-electron chi connectivity index (χ4n) is 3.44. The third-order valence-corrected chi connectivity index (χ3v) is 4.69. The van der Waals surface area contributed by atoms with Gasteiger partial charge in [0.1, 0.15) is 6.10 Å². The van der Waals surface area contributed by atoms with Gasteiger partial charge in [0.05, 0.1) is 12.7 Å². The average molecular weight is 319 g/mol. The predicted octanol–water partition coefficient (Wildman–Crippen LogP) is 0.824. The fourth-order valence-corrected chi connectivity index (χ4v) is 3.44. The summed E-state index contributed by atoms with van der Waals surface area (Å²) in [6, 6.07) is 4.10. The first-order valence-electron chi connectivity index (χ1n) is 8.29. The molecule has 3 atom stereocenters. The van der Waals surface area contributed by atoms with Crippen molar-refractivity contribution in [2.75, 3.05) is 33.4 Å². The van der Waals surface area contributed by atoms with Crippen LogP contribution in [0.1, 0.15) is 18.4 Å². The van der Waals surface area contributed by atoms with Gasteiger partial charge < -0.3 is 14.8 Å². The highest BCUT2D eigenvalue weighted by atomic mass is 16.5. The highest BCUT2D eigenvalue weighted by Gasteiger charge is 2.41. The number of hydrogen-bond donors (Lipinski definition) is 1.